The molecule has 92 valence electrons. The van der Waals surface area contributed by atoms with Gasteiger partial charge in [-0.2, -0.15) is 0 Å². The van der Waals surface area contributed by atoms with Crippen LogP contribution in [0.2, 0.25) is 0 Å². The lowest BCUT2D eigenvalue weighted by molar-refractivity contribution is -0.289. The largest absolute Gasteiger partial charge is 0.334 e. The van der Waals surface area contributed by atoms with E-state index in [1.807, 2.05) is 48.6 Å². The summed E-state index contributed by atoms with van der Waals surface area (Å²) >= 11 is 0. The summed E-state index contributed by atoms with van der Waals surface area (Å²) in [6.07, 6.45) is -0.282. The Kier molecular flexibility index (Phi) is 5.24. The summed E-state index contributed by atoms with van der Waals surface area (Å²) in [5.74, 6) is 0. The average molecular weight is 217 g/mol. The molecule has 0 aliphatic rings. The molecule has 3 nitrogen and oxygen atoms in total. The van der Waals surface area contributed by atoms with Crippen LogP contribution in [0.3, 0.4) is 0 Å². The van der Waals surface area contributed by atoms with Crippen LogP contribution >= 0.6 is 0 Å². The SMILES string of the molecule is CCN(C)C(OC(C)(C)C)OC(C)(C)C. The summed E-state index contributed by atoms with van der Waals surface area (Å²) in [5.41, 5.74) is -0.390. The van der Waals surface area contributed by atoms with Gasteiger partial charge in [0.25, 0.3) is 0 Å². The van der Waals surface area contributed by atoms with E-state index in [4.69, 9.17) is 9.47 Å². The Balaban J connectivity index is 4.46. The van der Waals surface area contributed by atoms with Crippen molar-refractivity contribution in [1.82, 2.24) is 4.90 Å². The van der Waals surface area contributed by atoms with Gasteiger partial charge in [-0.25, -0.2) is 0 Å². The van der Waals surface area contributed by atoms with Crippen molar-refractivity contribution in [3.05, 3.63) is 0 Å². The standard InChI is InChI=1S/C12H27NO2/c1-9-13(8)10(14-11(2,3)4)15-12(5,6)7/h10H,9H2,1-8H3. The van der Waals surface area contributed by atoms with E-state index in [1.54, 1.807) is 0 Å². The fourth-order valence-corrected chi connectivity index (χ4v) is 0.958. The normalized spacial score (nSPS) is 14.0. The average Bonchev–Trinajstić information content (AvgIpc) is 1.96. The number of hydrogen-bond acceptors (Lipinski definition) is 3. The molecular weight excluding hydrogens is 190 g/mol. The Labute approximate surface area is 94.7 Å². The molecule has 0 N–H and O–H groups in total. The molecule has 0 saturated heterocycles. The summed E-state index contributed by atoms with van der Waals surface area (Å²) < 4.78 is 11.7. The lowest BCUT2D eigenvalue weighted by Gasteiger charge is -2.36. The zero-order chi connectivity index (χ0) is 12.3. The first kappa shape index (κ1) is 14.9. The van der Waals surface area contributed by atoms with Gasteiger partial charge in [0.1, 0.15) is 0 Å². The third-order valence-corrected chi connectivity index (χ3v) is 1.77. The van der Waals surface area contributed by atoms with Gasteiger partial charge >= 0.3 is 0 Å². The minimum Gasteiger partial charge on any atom is -0.334 e. The van der Waals surface area contributed by atoms with Gasteiger partial charge in [0.2, 0.25) is 6.41 Å². The Bertz CT molecular complexity index is 163. The molecule has 0 fully saturated rings. The van der Waals surface area contributed by atoms with Gasteiger partial charge in [-0.15, -0.1) is 0 Å². The summed E-state index contributed by atoms with van der Waals surface area (Å²) in [4.78, 5) is 2.05. The van der Waals surface area contributed by atoms with Crippen LogP contribution in [-0.2, 0) is 9.47 Å². The molecule has 0 aromatic carbocycles. The molecule has 0 heterocycles. The maximum Gasteiger partial charge on any atom is 0.219 e. The minimum atomic E-state index is -0.282. The number of nitrogens with zero attached hydrogens (tertiary/aromatic N) is 1. The summed E-state index contributed by atoms with van der Waals surface area (Å²) in [5, 5.41) is 0. The van der Waals surface area contributed by atoms with Crippen molar-refractivity contribution < 1.29 is 9.47 Å². The highest BCUT2D eigenvalue weighted by molar-refractivity contribution is 4.65. The van der Waals surface area contributed by atoms with Gasteiger partial charge in [-0.1, -0.05) is 6.92 Å². The fourth-order valence-electron chi connectivity index (χ4n) is 0.958. The highest BCUT2D eigenvalue weighted by Gasteiger charge is 2.26. The van der Waals surface area contributed by atoms with E-state index in [1.165, 1.54) is 0 Å². The van der Waals surface area contributed by atoms with Crippen LogP contribution in [0.25, 0.3) is 0 Å². The van der Waals surface area contributed by atoms with E-state index in [0.29, 0.717) is 0 Å². The first-order valence-corrected chi connectivity index (χ1v) is 5.61. The van der Waals surface area contributed by atoms with Crippen LogP contribution < -0.4 is 0 Å². The van der Waals surface area contributed by atoms with Gasteiger partial charge in [0.15, 0.2) is 0 Å². The van der Waals surface area contributed by atoms with Crippen molar-refractivity contribution >= 4 is 0 Å². The third-order valence-electron chi connectivity index (χ3n) is 1.77. The molecule has 0 aliphatic carbocycles. The molecule has 0 saturated carbocycles. The van der Waals surface area contributed by atoms with E-state index >= 15 is 0 Å². The quantitative estimate of drug-likeness (QED) is 0.676. The van der Waals surface area contributed by atoms with Crippen molar-refractivity contribution in [2.24, 2.45) is 0 Å². The zero-order valence-electron chi connectivity index (χ0n) is 11.5. The second-order valence-corrected chi connectivity index (χ2v) is 5.84. The van der Waals surface area contributed by atoms with Crippen LogP contribution in [0.1, 0.15) is 48.5 Å². The van der Waals surface area contributed by atoms with Gasteiger partial charge in [-0.05, 0) is 55.1 Å². The molecule has 0 aromatic rings. The van der Waals surface area contributed by atoms with Crippen LogP contribution in [0.4, 0.5) is 0 Å². The van der Waals surface area contributed by atoms with Gasteiger partial charge in [0.05, 0.1) is 11.2 Å². The van der Waals surface area contributed by atoms with E-state index < -0.39 is 0 Å². The lowest BCUT2D eigenvalue weighted by Crippen LogP contribution is -2.45. The number of rotatable bonds is 4. The molecule has 0 unspecified atom stereocenters. The monoisotopic (exact) mass is 217 g/mol. The van der Waals surface area contributed by atoms with Crippen molar-refractivity contribution in [2.75, 3.05) is 13.6 Å². The fraction of sp³-hybridized carbons (Fsp3) is 1.00. The second kappa shape index (κ2) is 5.28. The highest BCUT2D eigenvalue weighted by Crippen LogP contribution is 2.19. The van der Waals surface area contributed by atoms with Crippen LogP contribution in [-0.4, -0.2) is 36.1 Å². The summed E-state index contributed by atoms with van der Waals surface area (Å²) in [6.45, 7) is 15.2. The summed E-state index contributed by atoms with van der Waals surface area (Å²) in [6, 6.07) is 0. The van der Waals surface area contributed by atoms with E-state index in [0.717, 1.165) is 6.54 Å². The van der Waals surface area contributed by atoms with E-state index in [2.05, 4.69) is 11.8 Å². The maximum absolute atomic E-state index is 5.87. The first-order chi connectivity index (χ1) is 6.55. The minimum absolute atomic E-state index is 0.195. The molecule has 0 atom stereocenters. The Hall–Kier alpha value is -0.120. The molecule has 0 aliphatic heterocycles. The zero-order valence-corrected chi connectivity index (χ0v) is 11.5. The first-order valence-electron chi connectivity index (χ1n) is 5.61. The molecule has 0 aromatic heterocycles. The topological polar surface area (TPSA) is 21.7 Å². The predicted octanol–water partition coefficient (Wildman–Crippen LogP) is 2.85. The van der Waals surface area contributed by atoms with Crippen molar-refractivity contribution in [3.8, 4) is 0 Å². The molecule has 0 bridgehead atoms. The molecule has 0 amide bonds. The van der Waals surface area contributed by atoms with Gasteiger partial charge < -0.3 is 9.47 Å². The number of ether oxygens (including phenoxy) is 2. The number of hydrogen-bond donors (Lipinski definition) is 0. The second-order valence-electron chi connectivity index (χ2n) is 5.84. The molecular formula is C12H27NO2. The Morgan fingerprint density at radius 3 is 1.47 bits per heavy atom. The Morgan fingerprint density at radius 1 is 0.933 bits per heavy atom. The van der Waals surface area contributed by atoms with Crippen LogP contribution in [0.5, 0.6) is 0 Å². The molecule has 3 heteroatoms. The molecule has 0 radical (unpaired) electrons. The van der Waals surface area contributed by atoms with Crippen LogP contribution in [0, 0.1) is 0 Å². The summed E-state index contributed by atoms with van der Waals surface area (Å²) in [7, 11) is 2.00. The molecule has 0 spiro atoms. The molecule has 15 heavy (non-hydrogen) atoms. The van der Waals surface area contributed by atoms with Gasteiger partial charge in [-0.3, -0.25) is 4.90 Å². The Morgan fingerprint density at radius 2 is 1.27 bits per heavy atom. The maximum atomic E-state index is 5.87. The molecule has 0 rings (SSSR count). The van der Waals surface area contributed by atoms with Gasteiger partial charge in [0, 0.05) is 0 Å². The van der Waals surface area contributed by atoms with Crippen molar-refractivity contribution in [3.63, 3.8) is 0 Å². The lowest BCUT2D eigenvalue weighted by atomic mass is 10.2. The smallest absolute Gasteiger partial charge is 0.219 e. The highest BCUT2D eigenvalue weighted by atomic mass is 16.7. The van der Waals surface area contributed by atoms with Crippen molar-refractivity contribution in [2.45, 2.75) is 66.1 Å². The predicted molar refractivity (Wildman–Crippen MR) is 63.8 cm³/mol. The van der Waals surface area contributed by atoms with E-state index in [9.17, 15) is 0 Å². The van der Waals surface area contributed by atoms with Crippen molar-refractivity contribution in [1.29, 1.82) is 0 Å². The van der Waals surface area contributed by atoms with E-state index in [-0.39, 0.29) is 17.6 Å². The van der Waals surface area contributed by atoms with Crippen LogP contribution in [0.15, 0.2) is 0 Å². The third kappa shape index (κ3) is 7.77.